The third-order valence-corrected chi connectivity index (χ3v) is 3.16. The average molecular weight is 237 g/mol. The lowest BCUT2D eigenvalue weighted by Gasteiger charge is -2.09. The van der Waals surface area contributed by atoms with Crippen molar-refractivity contribution in [2.45, 2.75) is 25.8 Å². The first kappa shape index (κ1) is 11.6. The molecule has 0 saturated heterocycles. The average Bonchev–Trinajstić information content (AvgIpc) is 2.96. The Bertz CT molecular complexity index is 402. The third kappa shape index (κ3) is 2.83. The molecule has 1 aromatic rings. The van der Waals surface area contributed by atoms with E-state index in [4.69, 9.17) is 5.11 Å². The molecule has 1 saturated carbocycles. The topological polar surface area (TPSA) is 95.1 Å². The van der Waals surface area contributed by atoms with E-state index in [9.17, 15) is 9.59 Å². The summed E-state index contributed by atoms with van der Waals surface area (Å²) in [4.78, 5) is 29.3. The fraction of sp³-hybridized carbons (Fsp3) is 0.545. The fourth-order valence-corrected chi connectivity index (χ4v) is 2.15. The minimum atomic E-state index is -0.797. The van der Waals surface area contributed by atoms with E-state index in [1.165, 1.54) is 0 Å². The van der Waals surface area contributed by atoms with Gasteiger partial charge >= 0.3 is 5.97 Å². The first-order valence-corrected chi connectivity index (χ1v) is 5.64. The molecule has 2 rings (SSSR count). The number of nitrogens with zero attached hydrogens (tertiary/aromatic N) is 1. The van der Waals surface area contributed by atoms with Crippen LogP contribution in [-0.2, 0) is 16.1 Å². The van der Waals surface area contributed by atoms with Crippen molar-refractivity contribution in [3.63, 3.8) is 0 Å². The van der Waals surface area contributed by atoms with Crippen molar-refractivity contribution in [1.82, 2.24) is 15.3 Å². The number of imidazole rings is 1. The van der Waals surface area contributed by atoms with Crippen molar-refractivity contribution in [2.24, 2.45) is 11.8 Å². The zero-order chi connectivity index (χ0) is 12.3. The van der Waals surface area contributed by atoms with E-state index in [1.807, 2.05) is 0 Å². The molecule has 0 radical (unpaired) electrons. The van der Waals surface area contributed by atoms with Gasteiger partial charge in [0.2, 0.25) is 5.91 Å². The Hall–Kier alpha value is -1.85. The normalized spacial score (nSPS) is 23.5. The summed E-state index contributed by atoms with van der Waals surface area (Å²) < 4.78 is 0. The molecular weight excluding hydrogens is 222 g/mol. The van der Waals surface area contributed by atoms with Crippen LogP contribution in [0.3, 0.4) is 0 Å². The van der Waals surface area contributed by atoms with Gasteiger partial charge in [-0.25, -0.2) is 4.98 Å². The molecule has 1 fully saturated rings. The van der Waals surface area contributed by atoms with Gasteiger partial charge in [0.1, 0.15) is 0 Å². The van der Waals surface area contributed by atoms with Crippen molar-refractivity contribution in [1.29, 1.82) is 0 Å². The smallest absolute Gasteiger partial charge is 0.306 e. The molecule has 2 atom stereocenters. The number of rotatable bonds is 4. The number of aromatic amines is 1. The summed E-state index contributed by atoms with van der Waals surface area (Å²) in [5, 5.41) is 11.6. The first-order valence-electron chi connectivity index (χ1n) is 5.64. The highest BCUT2D eigenvalue weighted by Crippen LogP contribution is 2.31. The summed E-state index contributed by atoms with van der Waals surface area (Å²) in [6.07, 6.45) is 4.90. The second-order valence-electron chi connectivity index (χ2n) is 4.34. The Labute approximate surface area is 98.4 Å². The summed E-state index contributed by atoms with van der Waals surface area (Å²) in [5.74, 6) is -1.39. The number of nitrogens with one attached hydrogen (secondary N) is 2. The monoisotopic (exact) mass is 237 g/mol. The number of amides is 1. The minimum Gasteiger partial charge on any atom is -0.481 e. The Morgan fingerprint density at radius 1 is 1.47 bits per heavy atom. The van der Waals surface area contributed by atoms with Crippen molar-refractivity contribution in [3.05, 3.63) is 18.2 Å². The van der Waals surface area contributed by atoms with E-state index < -0.39 is 5.97 Å². The summed E-state index contributed by atoms with van der Waals surface area (Å²) in [6.45, 7) is 0.410. The molecule has 92 valence electrons. The Morgan fingerprint density at radius 3 is 2.82 bits per heavy atom. The van der Waals surface area contributed by atoms with E-state index in [-0.39, 0.29) is 17.7 Å². The summed E-state index contributed by atoms with van der Waals surface area (Å²) >= 11 is 0. The quantitative estimate of drug-likeness (QED) is 0.711. The van der Waals surface area contributed by atoms with E-state index in [2.05, 4.69) is 15.3 Å². The highest BCUT2D eigenvalue weighted by Gasteiger charge is 2.33. The second kappa shape index (κ2) is 4.99. The van der Waals surface area contributed by atoms with Crippen LogP contribution in [0.5, 0.6) is 0 Å². The van der Waals surface area contributed by atoms with Gasteiger partial charge in [0.05, 0.1) is 24.5 Å². The number of hydrogen-bond donors (Lipinski definition) is 3. The lowest BCUT2D eigenvalue weighted by Crippen LogP contribution is -2.29. The molecule has 6 heteroatoms. The SMILES string of the molecule is O=C(O)[C@H]1CC[C@@H](C(=O)NCc2cnc[nH]2)C1. The molecule has 6 nitrogen and oxygen atoms in total. The largest absolute Gasteiger partial charge is 0.481 e. The van der Waals surface area contributed by atoms with Crippen LogP contribution in [-0.4, -0.2) is 27.0 Å². The van der Waals surface area contributed by atoms with Gasteiger partial charge in [0.25, 0.3) is 0 Å². The van der Waals surface area contributed by atoms with Gasteiger partial charge in [-0.1, -0.05) is 0 Å². The van der Waals surface area contributed by atoms with Crippen LogP contribution < -0.4 is 5.32 Å². The maximum absolute atomic E-state index is 11.8. The first-order chi connectivity index (χ1) is 8.16. The van der Waals surface area contributed by atoms with Gasteiger partial charge in [-0.2, -0.15) is 0 Å². The molecule has 1 aliphatic carbocycles. The molecule has 1 aromatic heterocycles. The van der Waals surface area contributed by atoms with E-state index in [0.29, 0.717) is 25.8 Å². The number of carbonyl (C=O) groups excluding carboxylic acids is 1. The van der Waals surface area contributed by atoms with Gasteiger partial charge in [-0.05, 0) is 19.3 Å². The maximum Gasteiger partial charge on any atom is 0.306 e. The number of carboxylic acids is 1. The van der Waals surface area contributed by atoms with Crippen LogP contribution in [0.25, 0.3) is 0 Å². The molecule has 1 heterocycles. The van der Waals surface area contributed by atoms with Gasteiger partial charge in [-0.15, -0.1) is 0 Å². The number of carboxylic acid groups (broad SMARTS) is 1. The molecule has 0 aliphatic heterocycles. The van der Waals surface area contributed by atoms with E-state index in [1.54, 1.807) is 12.5 Å². The molecule has 1 aliphatic rings. The van der Waals surface area contributed by atoms with Gasteiger partial charge < -0.3 is 15.4 Å². The van der Waals surface area contributed by atoms with Gasteiger partial charge in [0.15, 0.2) is 0 Å². The van der Waals surface area contributed by atoms with Crippen LogP contribution in [0, 0.1) is 11.8 Å². The molecule has 0 unspecified atom stereocenters. The number of carbonyl (C=O) groups is 2. The Balaban J connectivity index is 1.79. The van der Waals surface area contributed by atoms with E-state index >= 15 is 0 Å². The molecule has 0 bridgehead atoms. The van der Waals surface area contributed by atoms with Crippen molar-refractivity contribution < 1.29 is 14.7 Å². The highest BCUT2D eigenvalue weighted by molar-refractivity contribution is 5.80. The van der Waals surface area contributed by atoms with E-state index in [0.717, 1.165) is 5.69 Å². The van der Waals surface area contributed by atoms with Crippen LogP contribution in [0.2, 0.25) is 0 Å². The molecule has 0 aromatic carbocycles. The Morgan fingerprint density at radius 2 is 2.24 bits per heavy atom. The molecule has 3 N–H and O–H groups in total. The number of aromatic nitrogens is 2. The van der Waals surface area contributed by atoms with Crippen LogP contribution >= 0.6 is 0 Å². The number of H-pyrrole nitrogens is 1. The molecule has 0 spiro atoms. The third-order valence-electron chi connectivity index (χ3n) is 3.16. The number of aliphatic carboxylic acids is 1. The second-order valence-corrected chi connectivity index (χ2v) is 4.34. The van der Waals surface area contributed by atoms with Crippen LogP contribution in [0.1, 0.15) is 25.0 Å². The summed E-state index contributed by atoms with van der Waals surface area (Å²) in [5.41, 5.74) is 0.839. The zero-order valence-electron chi connectivity index (χ0n) is 9.35. The zero-order valence-corrected chi connectivity index (χ0v) is 9.35. The lowest BCUT2D eigenvalue weighted by molar-refractivity contribution is -0.141. The lowest BCUT2D eigenvalue weighted by atomic mass is 10.0. The number of hydrogen-bond acceptors (Lipinski definition) is 3. The molecular formula is C11H15N3O3. The van der Waals surface area contributed by atoms with Gasteiger partial charge in [0, 0.05) is 12.1 Å². The fourth-order valence-electron chi connectivity index (χ4n) is 2.15. The predicted octanol–water partition coefficient (Wildman–Crippen LogP) is 0.527. The minimum absolute atomic E-state index is 0.0663. The van der Waals surface area contributed by atoms with Crippen LogP contribution in [0.4, 0.5) is 0 Å². The summed E-state index contributed by atoms with van der Waals surface area (Å²) in [7, 11) is 0. The van der Waals surface area contributed by atoms with Crippen molar-refractivity contribution in [2.75, 3.05) is 0 Å². The van der Waals surface area contributed by atoms with Gasteiger partial charge in [-0.3, -0.25) is 9.59 Å². The predicted molar refractivity (Wildman–Crippen MR) is 58.9 cm³/mol. The molecule has 1 amide bonds. The Kier molecular flexibility index (Phi) is 3.41. The van der Waals surface area contributed by atoms with Crippen LogP contribution in [0.15, 0.2) is 12.5 Å². The molecule has 17 heavy (non-hydrogen) atoms. The highest BCUT2D eigenvalue weighted by atomic mass is 16.4. The maximum atomic E-state index is 11.8. The van der Waals surface area contributed by atoms with Crippen molar-refractivity contribution >= 4 is 11.9 Å². The standard InChI is InChI=1S/C11H15N3O3/c15-10(13-5-9-4-12-6-14-9)7-1-2-8(3-7)11(16)17/h4,6-8H,1-3,5H2,(H,12,14)(H,13,15)(H,16,17)/t7-,8+/m1/s1. The van der Waals surface area contributed by atoms with Crippen molar-refractivity contribution in [3.8, 4) is 0 Å². The summed E-state index contributed by atoms with van der Waals surface area (Å²) in [6, 6.07) is 0.